The molecular formula is C16H27NO3. The van der Waals surface area contributed by atoms with E-state index in [0.29, 0.717) is 18.9 Å². The number of hydrogen-bond acceptors (Lipinski definition) is 2. The zero-order chi connectivity index (χ0) is 14.7. The van der Waals surface area contributed by atoms with Gasteiger partial charge in [-0.3, -0.25) is 9.59 Å². The monoisotopic (exact) mass is 281 g/mol. The molecule has 20 heavy (non-hydrogen) atoms. The number of rotatable bonds is 3. The maximum absolute atomic E-state index is 12.5. The number of amides is 1. The van der Waals surface area contributed by atoms with E-state index < -0.39 is 5.97 Å². The van der Waals surface area contributed by atoms with E-state index >= 15 is 0 Å². The first-order valence-electron chi connectivity index (χ1n) is 8.00. The number of carbonyl (C=O) groups excluding carboxylic acids is 1. The van der Waals surface area contributed by atoms with E-state index in [1.54, 1.807) is 0 Å². The van der Waals surface area contributed by atoms with Gasteiger partial charge in [-0.2, -0.15) is 0 Å². The molecule has 2 fully saturated rings. The van der Waals surface area contributed by atoms with Gasteiger partial charge in [-0.1, -0.05) is 13.8 Å². The highest BCUT2D eigenvalue weighted by molar-refractivity contribution is 5.80. The molecular weight excluding hydrogens is 254 g/mol. The van der Waals surface area contributed by atoms with Gasteiger partial charge in [0.05, 0.1) is 5.92 Å². The van der Waals surface area contributed by atoms with Crippen molar-refractivity contribution < 1.29 is 14.7 Å². The lowest BCUT2D eigenvalue weighted by atomic mass is 9.76. The summed E-state index contributed by atoms with van der Waals surface area (Å²) in [7, 11) is 0. The Kier molecular flexibility index (Phi) is 5.06. The lowest BCUT2D eigenvalue weighted by Crippen LogP contribution is -2.45. The lowest BCUT2D eigenvalue weighted by molar-refractivity contribution is -0.147. The van der Waals surface area contributed by atoms with Crippen molar-refractivity contribution in [2.24, 2.45) is 23.7 Å². The van der Waals surface area contributed by atoms with E-state index in [1.165, 1.54) is 0 Å². The Hall–Kier alpha value is -1.06. The first-order chi connectivity index (χ1) is 9.49. The molecule has 1 aliphatic carbocycles. The Morgan fingerprint density at radius 2 is 1.70 bits per heavy atom. The van der Waals surface area contributed by atoms with Gasteiger partial charge in [-0.05, 0) is 50.4 Å². The Morgan fingerprint density at radius 3 is 2.25 bits per heavy atom. The Bertz CT molecular complexity index is 359. The Labute approximate surface area is 121 Å². The summed E-state index contributed by atoms with van der Waals surface area (Å²) in [6.45, 7) is 5.68. The summed E-state index contributed by atoms with van der Waals surface area (Å²) >= 11 is 0. The molecule has 0 radical (unpaired) electrons. The van der Waals surface area contributed by atoms with Gasteiger partial charge < -0.3 is 10.0 Å². The second-order valence-corrected chi connectivity index (χ2v) is 6.82. The van der Waals surface area contributed by atoms with E-state index in [1.807, 2.05) is 4.90 Å². The summed E-state index contributed by atoms with van der Waals surface area (Å²) in [5, 5.41) is 9.11. The molecule has 1 N–H and O–H groups in total. The van der Waals surface area contributed by atoms with Crippen LogP contribution in [0.1, 0.15) is 52.4 Å². The number of hydrogen-bond donors (Lipinski definition) is 1. The third-order valence-corrected chi connectivity index (χ3v) is 5.15. The maximum atomic E-state index is 12.5. The molecule has 1 unspecified atom stereocenters. The minimum absolute atomic E-state index is 0.137. The number of carboxylic acids is 1. The molecule has 2 rings (SSSR count). The molecule has 1 aliphatic heterocycles. The minimum Gasteiger partial charge on any atom is -0.481 e. The van der Waals surface area contributed by atoms with Crippen LogP contribution in [0.25, 0.3) is 0 Å². The predicted octanol–water partition coefficient (Wildman–Crippen LogP) is 2.77. The highest BCUT2D eigenvalue weighted by Crippen LogP contribution is 2.34. The predicted molar refractivity (Wildman–Crippen MR) is 77.2 cm³/mol. The average molecular weight is 281 g/mol. The number of likely N-dealkylation sites (tertiary alicyclic amines) is 1. The first-order valence-corrected chi connectivity index (χ1v) is 8.00. The molecule has 1 heterocycles. The SMILES string of the molecule is CC(C)C1CCC(C(=O)N2CCCC(C(=O)O)C2)CC1. The van der Waals surface area contributed by atoms with Gasteiger partial charge in [0, 0.05) is 19.0 Å². The molecule has 1 amide bonds. The molecule has 0 aromatic carbocycles. The average Bonchev–Trinajstić information content (AvgIpc) is 2.46. The van der Waals surface area contributed by atoms with E-state index in [4.69, 9.17) is 5.11 Å². The number of nitrogens with zero attached hydrogens (tertiary/aromatic N) is 1. The molecule has 1 atom stereocenters. The summed E-state index contributed by atoms with van der Waals surface area (Å²) in [6, 6.07) is 0. The lowest BCUT2D eigenvalue weighted by Gasteiger charge is -2.36. The van der Waals surface area contributed by atoms with E-state index in [0.717, 1.165) is 44.6 Å². The van der Waals surface area contributed by atoms with Crippen LogP contribution in [0.5, 0.6) is 0 Å². The minimum atomic E-state index is -0.758. The van der Waals surface area contributed by atoms with Crippen LogP contribution >= 0.6 is 0 Å². The van der Waals surface area contributed by atoms with Crippen molar-refractivity contribution in [3.05, 3.63) is 0 Å². The summed E-state index contributed by atoms with van der Waals surface area (Å²) in [5.41, 5.74) is 0. The van der Waals surface area contributed by atoms with Gasteiger partial charge in [-0.25, -0.2) is 0 Å². The first kappa shape index (κ1) is 15.3. The normalized spacial score (nSPS) is 31.4. The molecule has 1 saturated heterocycles. The summed E-state index contributed by atoms with van der Waals surface area (Å²) in [6.07, 6.45) is 5.78. The van der Waals surface area contributed by atoms with Crippen LogP contribution in [0.4, 0.5) is 0 Å². The van der Waals surface area contributed by atoms with Crippen molar-refractivity contribution >= 4 is 11.9 Å². The number of carboxylic acid groups (broad SMARTS) is 1. The molecule has 4 nitrogen and oxygen atoms in total. The fourth-order valence-electron chi connectivity index (χ4n) is 3.67. The fourth-order valence-corrected chi connectivity index (χ4v) is 3.67. The Morgan fingerprint density at radius 1 is 1.05 bits per heavy atom. The van der Waals surface area contributed by atoms with Gasteiger partial charge in [-0.15, -0.1) is 0 Å². The zero-order valence-corrected chi connectivity index (χ0v) is 12.7. The number of carbonyl (C=O) groups is 2. The van der Waals surface area contributed by atoms with Crippen LogP contribution < -0.4 is 0 Å². The van der Waals surface area contributed by atoms with E-state index in [2.05, 4.69) is 13.8 Å². The van der Waals surface area contributed by atoms with Crippen molar-refractivity contribution in [2.75, 3.05) is 13.1 Å². The molecule has 4 heteroatoms. The van der Waals surface area contributed by atoms with E-state index in [-0.39, 0.29) is 17.7 Å². The third kappa shape index (κ3) is 3.53. The van der Waals surface area contributed by atoms with Gasteiger partial charge in [0.15, 0.2) is 0 Å². The largest absolute Gasteiger partial charge is 0.481 e. The topological polar surface area (TPSA) is 57.6 Å². The molecule has 0 spiro atoms. The third-order valence-electron chi connectivity index (χ3n) is 5.15. The zero-order valence-electron chi connectivity index (χ0n) is 12.7. The quantitative estimate of drug-likeness (QED) is 0.865. The highest BCUT2D eigenvalue weighted by atomic mass is 16.4. The molecule has 0 bridgehead atoms. The molecule has 114 valence electrons. The van der Waals surface area contributed by atoms with E-state index in [9.17, 15) is 9.59 Å². The van der Waals surface area contributed by atoms with Gasteiger partial charge in [0.2, 0.25) is 5.91 Å². The standard InChI is InChI=1S/C16H27NO3/c1-11(2)12-5-7-13(8-6-12)15(18)17-9-3-4-14(10-17)16(19)20/h11-14H,3-10H2,1-2H3,(H,19,20). The van der Waals surface area contributed by atoms with Crippen LogP contribution in [-0.4, -0.2) is 35.0 Å². The van der Waals surface area contributed by atoms with Gasteiger partial charge in [0.1, 0.15) is 0 Å². The van der Waals surface area contributed by atoms with Crippen LogP contribution in [0.3, 0.4) is 0 Å². The van der Waals surface area contributed by atoms with Crippen LogP contribution in [0.2, 0.25) is 0 Å². The van der Waals surface area contributed by atoms with Crippen molar-refractivity contribution in [1.82, 2.24) is 4.90 Å². The smallest absolute Gasteiger partial charge is 0.308 e. The van der Waals surface area contributed by atoms with Crippen LogP contribution in [0.15, 0.2) is 0 Å². The highest BCUT2D eigenvalue weighted by Gasteiger charge is 2.34. The summed E-state index contributed by atoms with van der Waals surface area (Å²) in [4.78, 5) is 25.4. The van der Waals surface area contributed by atoms with Gasteiger partial charge >= 0.3 is 5.97 Å². The fraction of sp³-hybridized carbons (Fsp3) is 0.875. The van der Waals surface area contributed by atoms with Crippen LogP contribution in [0, 0.1) is 23.7 Å². The molecule has 0 aromatic rings. The molecule has 1 saturated carbocycles. The van der Waals surface area contributed by atoms with Crippen molar-refractivity contribution in [3.8, 4) is 0 Å². The van der Waals surface area contributed by atoms with Crippen LogP contribution in [-0.2, 0) is 9.59 Å². The number of aliphatic carboxylic acids is 1. The second-order valence-electron chi connectivity index (χ2n) is 6.82. The van der Waals surface area contributed by atoms with Gasteiger partial charge in [0.25, 0.3) is 0 Å². The Balaban J connectivity index is 1.87. The summed E-state index contributed by atoms with van der Waals surface area (Å²) < 4.78 is 0. The summed E-state index contributed by atoms with van der Waals surface area (Å²) in [5.74, 6) is 0.686. The van der Waals surface area contributed by atoms with Crippen molar-refractivity contribution in [3.63, 3.8) is 0 Å². The van der Waals surface area contributed by atoms with Crippen molar-refractivity contribution in [2.45, 2.75) is 52.4 Å². The molecule has 2 aliphatic rings. The maximum Gasteiger partial charge on any atom is 0.308 e. The second kappa shape index (κ2) is 6.59. The number of piperidine rings is 1. The molecule has 0 aromatic heterocycles. The van der Waals surface area contributed by atoms with Crippen molar-refractivity contribution in [1.29, 1.82) is 0 Å².